The maximum atomic E-state index is 12.8. The van der Waals surface area contributed by atoms with Crippen molar-refractivity contribution in [3.05, 3.63) is 32.4 Å². The Bertz CT molecular complexity index is 508. The van der Waals surface area contributed by atoms with Gasteiger partial charge in [0.15, 0.2) is 0 Å². The third-order valence-corrected chi connectivity index (χ3v) is 5.27. The fourth-order valence-electron chi connectivity index (χ4n) is 3.14. The first-order valence-electron chi connectivity index (χ1n) is 6.63. The molecule has 3 nitrogen and oxygen atoms in total. The molecule has 1 aromatic carbocycles. The molecular weight excluding hydrogens is 375 g/mol. The lowest BCUT2D eigenvalue weighted by Gasteiger charge is -2.37. The van der Waals surface area contributed by atoms with E-state index in [1.807, 2.05) is 17.0 Å². The molecule has 0 radical (unpaired) electrons. The molecule has 2 fully saturated rings. The van der Waals surface area contributed by atoms with Crippen molar-refractivity contribution in [3.63, 3.8) is 0 Å². The highest BCUT2D eigenvalue weighted by Gasteiger charge is 2.37. The van der Waals surface area contributed by atoms with Gasteiger partial charge >= 0.3 is 0 Å². The number of benzene rings is 1. The van der Waals surface area contributed by atoms with Crippen molar-refractivity contribution in [2.45, 2.75) is 18.9 Å². The lowest BCUT2D eigenvalue weighted by atomic mass is 9.91. The number of carbonyl (C=O) groups is 1. The van der Waals surface area contributed by atoms with E-state index < -0.39 is 0 Å². The Balaban J connectivity index is 1.88. The molecule has 2 heterocycles. The summed E-state index contributed by atoms with van der Waals surface area (Å²) in [6, 6.07) is 5.88. The van der Waals surface area contributed by atoms with Gasteiger partial charge in [-0.1, -0.05) is 11.6 Å². The van der Waals surface area contributed by atoms with Gasteiger partial charge in [0.25, 0.3) is 5.91 Å². The minimum absolute atomic E-state index is 0.130. The Morgan fingerprint density at radius 1 is 1.42 bits per heavy atom. The lowest BCUT2D eigenvalue weighted by molar-refractivity contribution is 0.0573. The summed E-state index contributed by atoms with van der Waals surface area (Å²) in [5.74, 6) is 0.750. The monoisotopic (exact) mass is 390 g/mol. The van der Waals surface area contributed by atoms with Crippen molar-refractivity contribution in [1.29, 1.82) is 0 Å². The predicted molar refractivity (Wildman–Crippen MR) is 84.6 cm³/mol. The number of fused-ring (bicyclic) bond motifs is 1. The quantitative estimate of drug-likeness (QED) is 0.748. The number of piperidine rings is 1. The molecule has 0 saturated carbocycles. The number of hydrogen-bond acceptors (Lipinski definition) is 2. The molecule has 2 unspecified atom stereocenters. The average molecular weight is 391 g/mol. The second-order valence-electron chi connectivity index (χ2n) is 5.25. The summed E-state index contributed by atoms with van der Waals surface area (Å²) < 4.78 is 0.972. The average Bonchev–Trinajstić information content (AvgIpc) is 2.89. The summed E-state index contributed by atoms with van der Waals surface area (Å²) in [5, 5.41) is 4.03. The molecule has 1 aromatic rings. The van der Waals surface area contributed by atoms with Crippen LogP contribution >= 0.6 is 34.2 Å². The number of halogens is 2. The van der Waals surface area contributed by atoms with E-state index in [1.165, 1.54) is 6.42 Å². The van der Waals surface area contributed by atoms with Crippen molar-refractivity contribution in [2.75, 3.05) is 19.6 Å². The minimum atomic E-state index is 0.130. The van der Waals surface area contributed by atoms with Crippen LogP contribution in [0.4, 0.5) is 0 Å². The molecule has 2 aliphatic rings. The summed E-state index contributed by atoms with van der Waals surface area (Å²) in [6.45, 7) is 2.83. The molecule has 1 N–H and O–H groups in total. The standard InChI is InChI=1S/C14H16ClIN2O/c15-10-3-4-12(16)11(6-10)14(19)18-5-1-2-9-7-17-8-13(9)18/h3-4,6,9,13,17H,1-2,5,7-8H2. The molecule has 3 rings (SSSR count). The van der Waals surface area contributed by atoms with Gasteiger partial charge in [0, 0.05) is 34.3 Å². The highest BCUT2D eigenvalue weighted by Crippen LogP contribution is 2.29. The van der Waals surface area contributed by atoms with Gasteiger partial charge in [0.2, 0.25) is 0 Å². The molecule has 2 atom stereocenters. The zero-order chi connectivity index (χ0) is 13.4. The summed E-state index contributed by atoms with van der Waals surface area (Å²) in [6.07, 6.45) is 2.33. The van der Waals surface area contributed by atoms with E-state index in [2.05, 4.69) is 27.9 Å². The van der Waals surface area contributed by atoms with Crippen LogP contribution < -0.4 is 5.32 Å². The first-order chi connectivity index (χ1) is 9.16. The van der Waals surface area contributed by atoms with Gasteiger partial charge in [0.1, 0.15) is 0 Å². The second-order valence-corrected chi connectivity index (χ2v) is 6.85. The van der Waals surface area contributed by atoms with Crippen LogP contribution in [0.5, 0.6) is 0 Å². The van der Waals surface area contributed by atoms with Crippen molar-refractivity contribution < 1.29 is 4.79 Å². The molecule has 19 heavy (non-hydrogen) atoms. The minimum Gasteiger partial charge on any atom is -0.334 e. The van der Waals surface area contributed by atoms with Crippen LogP contribution in [0, 0.1) is 9.49 Å². The SMILES string of the molecule is O=C(c1cc(Cl)ccc1I)N1CCCC2CNCC21. The number of carbonyl (C=O) groups excluding carboxylic acids is 1. The molecule has 102 valence electrons. The van der Waals surface area contributed by atoms with E-state index in [0.717, 1.165) is 35.2 Å². The van der Waals surface area contributed by atoms with E-state index >= 15 is 0 Å². The van der Waals surface area contributed by atoms with Gasteiger partial charge in [0.05, 0.1) is 5.56 Å². The molecule has 2 aliphatic heterocycles. The van der Waals surface area contributed by atoms with E-state index in [1.54, 1.807) is 6.07 Å². The third kappa shape index (κ3) is 2.62. The Morgan fingerprint density at radius 2 is 2.26 bits per heavy atom. The Kier molecular flexibility index (Phi) is 4.01. The summed E-state index contributed by atoms with van der Waals surface area (Å²) in [4.78, 5) is 14.8. The topological polar surface area (TPSA) is 32.3 Å². The number of rotatable bonds is 1. The molecule has 1 amide bonds. The lowest BCUT2D eigenvalue weighted by Crippen LogP contribution is -2.48. The predicted octanol–water partition coefficient (Wildman–Crippen LogP) is 2.77. The molecule has 0 spiro atoms. The fourth-order valence-corrected chi connectivity index (χ4v) is 3.87. The molecule has 0 aromatic heterocycles. The van der Waals surface area contributed by atoms with Crippen molar-refractivity contribution in [1.82, 2.24) is 10.2 Å². The Morgan fingerprint density at radius 3 is 3.11 bits per heavy atom. The van der Waals surface area contributed by atoms with Crippen LogP contribution in [0.2, 0.25) is 5.02 Å². The maximum Gasteiger partial charge on any atom is 0.255 e. The van der Waals surface area contributed by atoms with Gasteiger partial charge in [-0.2, -0.15) is 0 Å². The van der Waals surface area contributed by atoms with Crippen LogP contribution in [-0.4, -0.2) is 36.5 Å². The smallest absolute Gasteiger partial charge is 0.255 e. The number of amides is 1. The van der Waals surface area contributed by atoms with Crippen LogP contribution in [0.25, 0.3) is 0 Å². The molecule has 5 heteroatoms. The van der Waals surface area contributed by atoms with Crippen LogP contribution in [0.3, 0.4) is 0 Å². The van der Waals surface area contributed by atoms with Crippen LogP contribution in [0.15, 0.2) is 18.2 Å². The third-order valence-electron chi connectivity index (χ3n) is 4.10. The number of likely N-dealkylation sites (tertiary alicyclic amines) is 1. The zero-order valence-corrected chi connectivity index (χ0v) is 13.4. The van der Waals surface area contributed by atoms with E-state index in [4.69, 9.17) is 11.6 Å². The van der Waals surface area contributed by atoms with Crippen LogP contribution in [-0.2, 0) is 0 Å². The van der Waals surface area contributed by atoms with Gasteiger partial charge in [-0.3, -0.25) is 4.79 Å². The fraction of sp³-hybridized carbons (Fsp3) is 0.500. The van der Waals surface area contributed by atoms with Gasteiger partial charge in [-0.25, -0.2) is 0 Å². The van der Waals surface area contributed by atoms with E-state index in [0.29, 0.717) is 17.0 Å². The van der Waals surface area contributed by atoms with Crippen LogP contribution in [0.1, 0.15) is 23.2 Å². The number of nitrogens with zero attached hydrogens (tertiary/aromatic N) is 1. The van der Waals surface area contributed by atoms with E-state index in [-0.39, 0.29) is 5.91 Å². The maximum absolute atomic E-state index is 12.8. The van der Waals surface area contributed by atoms with E-state index in [9.17, 15) is 4.79 Å². The molecule has 2 saturated heterocycles. The zero-order valence-electron chi connectivity index (χ0n) is 10.5. The second kappa shape index (κ2) is 5.58. The van der Waals surface area contributed by atoms with Crippen molar-refractivity contribution in [2.24, 2.45) is 5.92 Å². The molecule has 0 bridgehead atoms. The highest BCUT2D eigenvalue weighted by molar-refractivity contribution is 14.1. The van der Waals surface area contributed by atoms with Gasteiger partial charge in [-0.05, 0) is 59.5 Å². The largest absolute Gasteiger partial charge is 0.334 e. The first kappa shape index (κ1) is 13.6. The highest BCUT2D eigenvalue weighted by atomic mass is 127. The van der Waals surface area contributed by atoms with Crippen molar-refractivity contribution in [3.8, 4) is 0 Å². The van der Waals surface area contributed by atoms with Gasteiger partial charge < -0.3 is 10.2 Å². The summed E-state index contributed by atoms with van der Waals surface area (Å²) in [7, 11) is 0. The first-order valence-corrected chi connectivity index (χ1v) is 8.09. The molecule has 0 aliphatic carbocycles. The molecular formula is C14H16ClIN2O. The van der Waals surface area contributed by atoms with Gasteiger partial charge in [-0.15, -0.1) is 0 Å². The summed E-state index contributed by atoms with van der Waals surface area (Å²) >= 11 is 8.23. The summed E-state index contributed by atoms with van der Waals surface area (Å²) in [5.41, 5.74) is 0.737. The Hall–Kier alpha value is -0.330. The van der Waals surface area contributed by atoms with Crippen molar-refractivity contribution >= 4 is 40.1 Å². The number of hydrogen-bond donors (Lipinski definition) is 1. The normalized spacial score (nSPS) is 26.3. The Labute approximate surface area is 131 Å². The number of nitrogens with one attached hydrogen (secondary N) is 1.